The second-order valence-corrected chi connectivity index (χ2v) is 5.83. The van der Waals surface area contributed by atoms with Crippen molar-refractivity contribution in [1.29, 1.82) is 0 Å². The van der Waals surface area contributed by atoms with Gasteiger partial charge in [-0.05, 0) is 19.3 Å². The second-order valence-electron chi connectivity index (χ2n) is 5.83. The van der Waals surface area contributed by atoms with Crippen LogP contribution >= 0.6 is 0 Å². The Balaban J connectivity index is 2.43. The third-order valence-corrected chi connectivity index (χ3v) is 4.18. The summed E-state index contributed by atoms with van der Waals surface area (Å²) in [6.45, 7) is 6.34. The number of carbonyl (C=O) groups excluding carboxylic acids is 2. The number of aliphatic carboxylic acids is 1. The lowest BCUT2D eigenvalue weighted by Gasteiger charge is -2.34. The molecule has 1 fully saturated rings. The summed E-state index contributed by atoms with van der Waals surface area (Å²) in [6, 6.07) is 0.125. The predicted molar refractivity (Wildman–Crippen MR) is 78.6 cm³/mol. The van der Waals surface area contributed by atoms with Gasteiger partial charge in [0.1, 0.15) is 0 Å². The number of nitrogens with one attached hydrogen (secondary N) is 1. The van der Waals surface area contributed by atoms with Crippen LogP contribution in [0.1, 0.15) is 46.5 Å². The first-order chi connectivity index (χ1) is 9.86. The molecule has 1 aliphatic heterocycles. The van der Waals surface area contributed by atoms with E-state index in [0.29, 0.717) is 19.5 Å². The van der Waals surface area contributed by atoms with Crippen molar-refractivity contribution >= 4 is 17.8 Å². The summed E-state index contributed by atoms with van der Waals surface area (Å²) in [5, 5.41) is 12.0. The van der Waals surface area contributed by atoms with E-state index in [1.807, 2.05) is 6.92 Å². The molecule has 1 rings (SSSR count). The smallest absolute Gasteiger partial charge is 0.307 e. The maximum Gasteiger partial charge on any atom is 0.307 e. The zero-order valence-electron chi connectivity index (χ0n) is 13.1. The fourth-order valence-electron chi connectivity index (χ4n) is 2.49. The minimum Gasteiger partial charge on any atom is -0.481 e. The topological polar surface area (TPSA) is 86.7 Å². The number of carboxylic acids is 1. The Hall–Kier alpha value is -1.59. The Bertz CT molecular complexity index is 389. The lowest BCUT2D eigenvalue weighted by atomic mass is 9.93. The number of rotatable bonds is 6. The van der Waals surface area contributed by atoms with Gasteiger partial charge in [0.15, 0.2) is 0 Å². The molecule has 6 heteroatoms. The molecule has 0 radical (unpaired) electrons. The maximum atomic E-state index is 12.3. The van der Waals surface area contributed by atoms with Crippen LogP contribution in [0, 0.1) is 11.8 Å². The lowest BCUT2D eigenvalue weighted by molar-refractivity contribution is -0.149. The van der Waals surface area contributed by atoms with Gasteiger partial charge in [0, 0.05) is 31.5 Å². The number of carbonyl (C=O) groups is 3. The summed E-state index contributed by atoms with van der Waals surface area (Å²) in [6.07, 6.45) is 2.82. The average molecular weight is 298 g/mol. The molecule has 2 N–H and O–H groups in total. The van der Waals surface area contributed by atoms with E-state index in [4.69, 9.17) is 5.11 Å². The highest BCUT2D eigenvalue weighted by Crippen LogP contribution is 2.18. The van der Waals surface area contributed by atoms with Gasteiger partial charge in [-0.3, -0.25) is 14.4 Å². The first kappa shape index (κ1) is 17.5. The zero-order valence-corrected chi connectivity index (χ0v) is 13.1. The van der Waals surface area contributed by atoms with E-state index in [9.17, 15) is 14.4 Å². The van der Waals surface area contributed by atoms with Crippen LogP contribution in [0.5, 0.6) is 0 Å². The highest BCUT2D eigenvalue weighted by molar-refractivity contribution is 5.84. The normalized spacial score (nSPS) is 18.9. The molecule has 1 saturated heterocycles. The average Bonchev–Trinajstić information content (AvgIpc) is 2.45. The molecule has 2 amide bonds. The number of amides is 2. The molecule has 2 unspecified atom stereocenters. The Kier molecular flexibility index (Phi) is 6.65. The van der Waals surface area contributed by atoms with Gasteiger partial charge in [0.25, 0.3) is 0 Å². The third kappa shape index (κ3) is 5.02. The first-order valence-corrected chi connectivity index (χ1v) is 7.67. The molecule has 0 spiro atoms. The number of hydrogen-bond acceptors (Lipinski definition) is 3. The first-order valence-electron chi connectivity index (χ1n) is 7.67. The van der Waals surface area contributed by atoms with E-state index >= 15 is 0 Å². The molecule has 0 aliphatic carbocycles. The van der Waals surface area contributed by atoms with Gasteiger partial charge in [0.2, 0.25) is 11.8 Å². The molecule has 0 aromatic heterocycles. The second kappa shape index (κ2) is 8.00. The fraction of sp³-hybridized carbons (Fsp3) is 0.800. The van der Waals surface area contributed by atoms with Gasteiger partial charge in [-0.2, -0.15) is 0 Å². The minimum absolute atomic E-state index is 0.0649. The van der Waals surface area contributed by atoms with E-state index in [0.717, 1.165) is 19.3 Å². The monoisotopic (exact) mass is 298 g/mol. The van der Waals surface area contributed by atoms with Gasteiger partial charge in [0.05, 0.1) is 5.92 Å². The molecular weight excluding hydrogens is 272 g/mol. The van der Waals surface area contributed by atoms with Crippen molar-refractivity contribution < 1.29 is 19.5 Å². The van der Waals surface area contributed by atoms with Crippen LogP contribution in [-0.4, -0.2) is 46.9 Å². The van der Waals surface area contributed by atoms with Crippen LogP contribution in [0.25, 0.3) is 0 Å². The predicted octanol–water partition coefficient (Wildman–Crippen LogP) is 1.25. The molecule has 0 aromatic rings. The quantitative estimate of drug-likeness (QED) is 0.772. The Morgan fingerprint density at radius 1 is 1.19 bits per heavy atom. The Morgan fingerprint density at radius 2 is 1.76 bits per heavy atom. The van der Waals surface area contributed by atoms with Crippen molar-refractivity contribution in [3.63, 3.8) is 0 Å². The largest absolute Gasteiger partial charge is 0.481 e. The number of piperidine rings is 1. The van der Waals surface area contributed by atoms with E-state index in [1.54, 1.807) is 18.7 Å². The number of hydrogen-bond donors (Lipinski definition) is 2. The summed E-state index contributed by atoms with van der Waals surface area (Å²) in [5.74, 6) is -2.19. The molecule has 21 heavy (non-hydrogen) atoms. The van der Waals surface area contributed by atoms with Crippen molar-refractivity contribution in [1.82, 2.24) is 10.2 Å². The van der Waals surface area contributed by atoms with Crippen molar-refractivity contribution in [2.45, 2.75) is 52.5 Å². The zero-order chi connectivity index (χ0) is 16.0. The van der Waals surface area contributed by atoms with E-state index in [2.05, 4.69) is 5.32 Å². The van der Waals surface area contributed by atoms with Gasteiger partial charge in [-0.25, -0.2) is 0 Å². The van der Waals surface area contributed by atoms with Gasteiger partial charge >= 0.3 is 5.97 Å². The molecule has 120 valence electrons. The summed E-state index contributed by atoms with van der Waals surface area (Å²) in [4.78, 5) is 36.5. The molecule has 1 heterocycles. The van der Waals surface area contributed by atoms with Gasteiger partial charge in [-0.1, -0.05) is 20.8 Å². The molecule has 0 aromatic carbocycles. The van der Waals surface area contributed by atoms with Crippen LogP contribution in [0.2, 0.25) is 0 Å². The van der Waals surface area contributed by atoms with E-state index in [1.165, 1.54) is 0 Å². The van der Waals surface area contributed by atoms with Crippen LogP contribution in [0.4, 0.5) is 0 Å². The fourth-order valence-corrected chi connectivity index (χ4v) is 2.49. The minimum atomic E-state index is -0.947. The Labute approximate surface area is 125 Å². The maximum absolute atomic E-state index is 12.3. The number of carboxylic acid groups (broad SMARTS) is 1. The number of nitrogens with zero attached hydrogens (tertiary/aromatic N) is 1. The third-order valence-electron chi connectivity index (χ3n) is 4.18. The summed E-state index contributed by atoms with van der Waals surface area (Å²) < 4.78 is 0. The molecule has 0 bridgehead atoms. The SMILES string of the molecule is CCCC(=O)NC1CCN(C(=O)C(C)C(C)C(=O)O)CC1. The summed E-state index contributed by atoms with van der Waals surface area (Å²) in [5.41, 5.74) is 0. The molecular formula is C15H26N2O4. The summed E-state index contributed by atoms with van der Waals surface area (Å²) in [7, 11) is 0. The van der Waals surface area contributed by atoms with Crippen LogP contribution < -0.4 is 5.32 Å². The molecule has 0 saturated carbocycles. The summed E-state index contributed by atoms with van der Waals surface area (Å²) >= 11 is 0. The van der Waals surface area contributed by atoms with Gasteiger partial charge in [-0.15, -0.1) is 0 Å². The van der Waals surface area contributed by atoms with Crippen LogP contribution in [0.3, 0.4) is 0 Å². The van der Waals surface area contributed by atoms with E-state index < -0.39 is 17.8 Å². The van der Waals surface area contributed by atoms with Gasteiger partial charge < -0.3 is 15.3 Å². The molecule has 6 nitrogen and oxygen atoms in total. The molecule has 1 aliphatic rings. The molecule has 2 atom stereocenters. The van der Waals surface area contributed by atoms with Crippen LogP contribution in [0.15, 0.2) is 0 Å². The highest BCUT2D eigenvalue weighted by atomic mass is 16.4. The van der Waals surface area contributed by atoms with Crippen molar-refractivity contribution in [2.24, 2.45) is 11.8 Å². The standard InChI is InChI=1S/C15H26N2O4/c1-4-5-13(18)16-12-6-8-17(9-7-12)14(19)10(2)11(3)15(20)21/h10-12H,4-9H2,1-3H3,(H,16,18)(H,20,21). The number of likely N-dealkylation sites (tertiary alicyclic amines) is 1. The van der Waals surface area contributed by atoms with Crippen molar-refractivity contribution in [2.75, 3.05) is 13.1 Å². The lowest BCUT2D eigenvalue weighted by Crippen LogP contribution is -2.48. The van der Waals surface area contributed by atoms with Crippen molar-refractivity contribution in [3.8, 4) is 0 Å². The Morgan fingerprint density at radius 3 is 2.24 bits per heavy atom. The van der Waals surface area contributed by atoms with Crippen LogP contribution in [-0.2, 0) is 14.4 Å². The van der Waals surface area contributed by atoms with E-state index in [-0.39, 0.29) is 17.9 Å². The highest BCUT2D eigenvalue weighted by Gasteiger charge is 2.31. The van der Waals surface area contributed by atoms with Crippen molar-refractivity contribution in [3.05, 3.63) is 0 Å².